The molecule has 1 fully saturated rings. The Morgan fingerprint density at radius 1 is 1.11 bits per heavy atom. The zero-order valence-electron chi connectivity index (χ0n) is 26.9. The highest BCUT2D eigenvalue weighted by Gasteiger charge is 2.54. The SMILES string of the molecule is C[C@@H](COc1ccnc2c1[C@H](C)CCC2)C[C@H]1Cc2cc3c(cc2C12CCC(Nc1cccc(Cl)c1)(C(=O)O)CC2)OCCCO3. The molecule has 1 saturated carbocycles. The van der Waals surface area contributed by atoms with E-state index in [4.69, 9.17) is 25.8 Å². The fraction of sp³-hybridized carbons (Fsp3) is 0.526. The molecule has 7 rings (SSSR count). The number of halogens is 1. The lowest BCUT2D eigenvalue weighted by Gasteiger charge is -2.47. The minimum atomic E-state index is -1.06. The second-order valence-corrected chi connectivity index (χ2v) is 14.6. The Kier molecular flexibility index (Phi) is 8.56. The summed E-state index contributed by atoms with van der Waals surface area (Å²) in [5.41, 5.74) is 4.64. The Labute approximate surface area is 277 Å². The molecule has 0 bridgehead atoms. The Morgan fingerprint density at radius 3 is 2.65 bits per heavy atom. The number of carbonyl (C=O) groups is 1. The molecule has 2 heterocycles. The van der Waals surface area contributed by atoms with Crippen LogP contribution in [0.2, 0.25) is 5.02 Å². The van der Waals surface area contributed by atoms with E-state index in [2.05, 4.69) is 36.3 Å². The number of pyridine rings is 1. The number of carboxylic acid groups (broad SMARTS) is 1. The molecule has 3 aliphatic carbocycles. The van der Waals surface area contributed by atoms with Crippen LogP contribution >= 0.6 is 11.6 Å². The number of nitrogens with one attached hydrogen (secondary N) is 1. The Morgan fingerprint density at radius 2 is 1.89 bits per heavy atom. The maximum atomic E-state index is 12.9. The normalized spacial score (nSPS) is 27.3. The molecule has 1 spiro atoms. The number of carboxylic acids is 1. The Bertz CT molecular complexity index is 1600. The van der Waals surface area contributed by atoms with Crippen LogP contribution in [0.3, 0.4) is 0 Å². The van der Waals surface area contributed by atoms with Gasteiger partial charge in [-0.2, -0.15) is 0 Å². The van der Waals surface area contributed by atoms with Crippen molar-refractivity contribution in [2.45, 2.75) is 94.9 Å². The molecule has 2 N–H and O–H groups in total. The number of hydrogen-bond donors (Lipinski definition) is 2. The minimum Gasteiger partial charge on any atom is -0.493 e. The molecule has 7 nitrogen and oxygen atoms in total. The third-order valence-electron chi connectivity index (χ3n) is 11.2. The molecule has 8 heteroatoms. The highest BCUT2D eigenvalue weighted by Crippen LogP contribution is 2.58. The Hall–Kier alpha value is -3.45. The first-order valence-electron chi connectivity index (χ1n) is 17.1. The van der Waals surface area contributed by atoms with Crippen LogP contribution in [0.5, 0.6) is 17.2 Å². The van der Waals surface area contributed by atoms with E-state index < -0.39 is 11.5 Å². The molecular weight excluding hydrogens is 600 g/mol. The van der Waals surface area contributed by atoms with Gasteiger partial charge in [-0.25, -0.2) is 4.79 Å². The molecule has 0 amide bonds. The van der Waals surface area contributed by atoms with Gasteiger partial charge < -0.3 is 24.6 Å². The molecule has 0 radical (unpaired) electrons. The van der Waals surface area contributed by atoms with Gasteiger partial charge in [0.05, 0.1) is 19.8 Å². The fourth-order valence-corrected chi connectivity index (χ4v) is 8.95. The summed E-state index contributed by atoms with van der Waals surface area (Å²) in [5.74, 6) is 2.97. The summed E-state index contributed by atoms with van der Waals surface area (Å²) in [4.78, 5) is 17.6. The number of nitrogens with zero attached hydrogens (tertiary/aromatic N) is 1. The number of fused-ring (bicyclic) bond motifs is 4. The van der Waals surface area contributed by atoms with Crippen LogP contribution in [0, 0.1) is 11.8 Å². The van der Waals surface area contributed by atoms with Crippen LogP contribution < -0.4 is 19.5 Å². The molecule has 4 aliphatic rings. The van der Waals surface area contributed by atoms with E-state index in [0.717, 1.165) is 61.5 Å². The van der Waals surface area contributed by atoms with E-state index in [1.807, 2.05) is 24.4 Å². The van der Waals surface area contributed by atoms with Crippen molar-refractivity contribution in [2.75, 3.05) is 25.1 Å². The van der Waals surface area contributed by atoms with Crippen LogP contribution in [-0.4, -0.2) is 41.4 Å². The van der Waals surface area contributed by atoms with Crippen molar-refractivity contribution in [2.24, 2.45) is 11.8 Å². The second-order valence-electron chi connectivity index (χ2n) is 14.2. The highest BCUT2D eigenvalue weighted by atomic mass is 35.5. The zero-order chi connectivity index (χ0) is 31.9. The maximum absolute atomic E-state index is 12.9. The van der Waals surface area contributed by atoms with E-state index in [1.54, 1.807) is 12.1 Å². The maximum Gasteiger partial charge on any atom is 0.329 e. The van der Waals surface area contributed by atoms with Gasteiger partial charge in [-0.3, -0.25) is 4.98 Å². The van der Waals surface area contributed by atoms with Crippen molar-refractivity contribution in [3.8, 4) is 17.2 Å². The molecular formula is C38H45ClN2O5. The van der Waals surface area contributed by atoms with Crippen LogP contribution in [0.4, 0.5) is 5.69 Å². The highest BCUT2D eigenvalue weighted by molar-refractivity contribution is 6.30. The number of rotatable bonds is 8. The van der Waals surface area contributed by atoms with E-state index in [1.165, 1.54) is 35.2 Å². The van der Waals surface area contributed by atoms with Gasteiger partial charge in [0, 0.05) is 34.6 Å². The number of hydrogen-bond acceptors (Lipinski definition) is 6. The van der Waals surface area contributed by atoms with Gasteiger partial charge in [-0.05, 0) is 128 Å². The Balaban J connectivity index is 1.15. The first kappa shape index (κ1) is 31.2. The van der Waals surface area contributed by atoms with Crippen LogP contribution in [0.25, 0.3) is 0 Å². The first-order chi connectivity index (χ1) is 22.3. The van der Waals surface area contributed by atoms with E-state index >= 15 is 0 Å². The van der Waals surface area contributed by atoms with Crippen molar-refractivity contribution in [3.05, 3.63) is 76.1 Å². The lowest BCUT2D eigenvalue weighted by atomic mass is 9.59. The van der Waals surface area contributed by atoms with Gasteiger partial charge in [0.15, 0.2) is 11.5 Å². The molecule has 244 valence electrons. The summed E-state index contributed by atoms with van der Waals surface area (Å²) < 4.78 is 18.8. The largest absolute Gasteiger partial charge is 0.493 e. The zero-order valence-corrected chi connectivity index (χ0v) is 27.7. The fourth-order valence-electron chi connectivity index (χ4n) is 8.76. The van der Waals surface area contributed by atoms with E-state index in [-0.39, 0.29) is 5.41 Å². The van der Waals surface area contributed by atoms with Crippen LogP contribution in [-0.2, 0) is 23.1 Å². The summed E-state index contributed by atoms with van der Waals surface area (Å²) in [6.45, 7) is 6.51. The van der Waals surface area contributed by atoms with Gasteiger partial charge in [0.25, 0.3) is 0 Å². The van der Waals surface area contributed by atoms with Gasteiger partial charge >= 0.3 is 5.97 Å². The molecule has 46 heavy (non-hydrogen) atoms. The van der Waals surface area contributed by atoms with Crippen molar-refractivity contribution >= 4 is 23.3 Å². The average molecular weight is 645 g/mol. The van der Waals surface area contributed by atoms with E-state index in [9.17, 15) is 9.90 Å². The summed E-state index contributed by atoms with van der Waals surface area (Å²) in [7, 11) is 0. The van der Waals surface area contributed by atoms with Crippen LogP contribution in [0.15, 0.2) is 48.7 Å². The quantitative estimate of drug-likeness (QED) is 0.255. The molecule has 1 aliphatic heterocycles. The predicted molar refractivity (Wildman–Crippen MR) is 180 cm³/mol. The van der Waals surface area contributed by atoms with Crippen LogP contribution in [0.1, 0.15) is 93.5 Å². The molecule has 3 atom stereocenters. The van der Waals surface area contributed by atoms with Crippen molar-refractivity contribution in [3.63, 3.8) is 0 Å². The van der Waals surface area contributed by atoms with Crippen molar-refractivity contribution in [1.29, 1.82) is 0 Å². The van der Waals surface area contributed by atoms with Gasteiger partial charge in [-0.1, -0.05) is 31.5 Å². The monoisotopic (exact) mass is 644 g/mol. The number of ether oxygens (including phenoxy) is 3. The lowest BCUT2D eigenvalue weighted by Crippen LogP contribution is -2.53. The third-order valence-corrected chi connectivity index (χ3v) is 11.4. The molecule has 2 aromatic carbocycles. The number of benzene rings is 2. The van der Waals surface area contributed by atoms with Crippen molar-refractivity contribution in [1.82, 2.24) is 4.98 Å². The number of aliphatic carboxylic acids is 1. The first-order valence-corrected chi connectivity index (χ1v) is 17.4. The standard InChI is InChI=1S/C38H45ClN2O5/c1-24(23-46-32-10-15-40-31-9-3-6-25(2)35(31)32)18-27-19-26-20-33-34(45-17-5-16-44-33)22-30(26)37(27)11-13-38(14-12-37,36(42)43)41-29-8-4-7-28(39)21-29/h4,7-8,10,15,20-22,24-25,27,41H,3,5-6,9,11-14,16-19,23H2,1-2H3,(H,42,43)/t24-,25-,27+,37?,38?/m1/s1. The average Bonchev–Trinajstić information content (AvgIpc) is 3.15. The minimum absolute atomic E-state index is 0.145. The number of aromatic nitrogens is 1. The second kappa shape index (κ2) is 12.6. The summed E-state index contributed by atoms with van der Waals surface area (Å²) in [6, 6.07) is 13.8. The molecule has 1 aromatic heterocycles. The summed E-state index contributed by atoms with van der Waals surface area (Å²) in [5, 5.41) is 14.6. The summed E-state index contributed by atoms with van der Waals surface area (Å²) >= 11 is 6.26. The number of anilines is 1. The molecule has 0 unspecified atom stereocenters. The van der Waals surface area contributed by atoms with Gasteiger partial charge in [0.1, 0.15) is 11.3 Å². The lowest BCUT2D eigenvalue weighted by molar-refractivity contribution is -0.144. The van der Waals surface area contributed by atoms with Gasteiger partial charge in [0.2, 0.25) is 0 Å². The smallest absolute Gasteiger partial charge is 0.329 e. The topological polar surface area (TPSA) is 89.9 Å². The number of aryl methyl sites for hydroxylation is 1. The third kappa shape index (κ3) is 5.80. The predicted octanol–water partition coefficient (Wildman–Crippen LogP) is 8.36. The summed E-state index contributed by atoms with van der Waals surface area (Å²) in [6.07, 6.45) is 10.7. The molecule has 3 aromatic rings. The van der Waals surface area contributed by atoms with E-state index in [0.29, 0.717) is 55.4 Å². The van der Waals surface area contributed by atoms with Crippen molar-refractivity contribution < 1.29 is 24.1 Å². The van der Waals surface area contributed by atoms with Gasteiger partial charge in [-0.15, -0.1) is 0 Å². The molecule has 0 saturated heterocycles.